The third kappa shape index (κ3) is 15.3. The quantitative estimate of drug-likeness (QED) is 0.199. The Morgan fingerprint density at radius 1 is 0.667 bits per heavy atom. The minimum atomic E-state index is -0.103. The van der Waals surface area contributed by atoms with E-state index in [2.05, 4.69) is 17.2 Å². The fraction of sp³-hybridized carbons (Fsp3) is 0.708. The van der Waals surface area contributed by atoms with Crippen LogP contribution >= 0.6 is 0 Å². The molecule has 0 atom stereocenters. The molecular weight excluding hydrogens is 332 g/mol. The summed E-state index contributed by atoms with van der Waals surface area (Å²) in [6.45, 7) is 2.28. The maximum atomic E-state index is 11.7. The fourth-order valence-corrected chi connectivity index (χ4v) is 3.31. The topological polar surface area (TPSA) is 41.8 Å². The van der Waals surface area contributed by atoms with Gasteiger partial charge in [0.15, 0.2) is 0 Å². The van der Waals surface area contributed by atoms with Crippen molar-refractivity contribution in [3.63, 3.8) is 0 Å². The van der Waals surface area contributed by atoms with Crippen LogP contribution in [-0.2, 0) is 4.79 Å². The highest BCUT2D eigenvalue weighted by atomic mass is 16.1. The molecular formula is C24H40N2O. The lowest BCUT2D eigenvalue weighted by atomic mass is 10.0. The number of azo groups is 1. The van der Waals surface area contributed by atoms with E-state index in [9.17, 15) is 4.79 Å². The van der Waals surface area contributed by atoms with Crippen LogP contribution in [0.15, 0.2) is 40.6 Å². The highest BCUT2D eigenvalue weighted by molar-refractivity contribution is 5.76. The Labute approximate surface area is 167 Å². The van der Waals surface area contributed by atoms with Crippen LogP contribution in [0.1, 0.15) is 110 Å². The summed E-state index contributed by atoms with van der Waals surface area (Å²) in [5.74, 6) is -0.103. The molecule has 152 valence electrons. The fourth-order valence-electron chi connectivity index (χ4n) is 3.31. The zero-order valence-corrected chi connectivity index (χ0v) is 17.5. The van der Waals surface area contributed by atoms with Crippen LogP contribution in [0.2, 0.25) is 0 Å². The zero-order valence-electron chi connectivity index (χ0n) is 17.5. The van der Waals surface area contributed by atoms with Crippen molar-refractivity contribution >= 4 is 11.6 Å². The Morgan fingerprint density at radius 2 is 1.11 bits per heavy atom. The number of carbonyl (C=O) groups excluding carboxylic acids is 1. The summed E-state index contributed by atoms with van der Waals surface area (Å²) in [7, 11) is 0. The van der Waals surface area contributed by atoms with Crippen molar-refractivity contribution in [2.24, 2.45) is 10.2 Å². The van der Waals surface area contributed by atoms with Crippen LogP contribution in [-0.4, -0.2) is 5.91 Å². The van der Waals surface area contributed by atoms with E-state index < -0.39 is 0 Å². The largest absolute Gasteiger partial charge is 0.271 e. The Balaban J connectivity index is 1.81. The molecule has 0 bridgehead atoms. The zero-order chi connectivity index (χ0) is 19.4. The first-order valence-electron chi connectivity index (χ1n) is 11.3. The van der Waals surface area contributed by atoms with Gasteiger partial charge >= 0.3 is 0 Å². The van der Waals surface area contributed by atoms with Crippen molar-refractivity contribution < 1.29 is 4.79 Å². The van der Waals surface area contributed by atoms with Gasteiger partial charge in [0.1, 0.15) is 0 Å². The normalized spacial score (nSPS) is 11.3. The number of hydrogen-bond donors (Lipinski definition) is 0. The van der Waals surface area contributed by atoms with E-state index >= 15 is 0 Å². The van der Waals surface area contributed by atoms with E-state index in [0.717, 1.165) is 18.5 Å². The van der Waals surface area contributed by atoms with E-state index in [1.165, 1.54) is 83.5 Å². The molecule has 0 aromatic heterocycles. The SMILES string of the molecule is CCCCCCCCCCCCCCCCCC(=O)/N=N/c1ccccc1. The number of unbranched alkanes of at least 4 members (excludes halogenated alkanes) is 14. The molecule has 0 saturated carbocycles. The highest BCUT2D eigenvalue weighted by Crippen LogP contribution is 2.14. The number of hydrogen-bond acceptors (Lipinski definition) is 2. The van der Waals surface area contributed by atoms with Crippen molar-refractivity contribution in [1.82, 2.24) is 0 Å². The lowest BCUT2D eigenvalue weighted by Crippen LogP contribution is -1.91. The Hall–Kier alpha value is -1.51. The third-order valence-electron chi connectivity index (χ3n) is 5.03. The Kier molecular flexibility index (Phi) is 15.6. The van der Waals surface area contributed by atoms with Gasteiger partial charge in [-0.1, -0.05) is 115 Å². The first-order chi connectivity index (χ1) is 13.3. The number of amides is 1. The van der Waals surface area contributed by atoms with E-state index in [1.54, 1.807) is 0 Å². The summed E-state index contributed by atoms with van der Waals surface area (Å²) < 4.78 is 0. The molecule has 3 heteroatoms. The number of benzene rings is 1. The predicted octanol–water partition coefficient (Wildman–Crippen LogP) is 8.56. The minimum Gasteiger partial charge on any atom is -0.271 e. The lowest BCUT2D eigenvalue weighted by molar-refractivity contribution is -0.118. The van der Waals surface area contributed by atoms with Crippen LogP contribution in [0.25, 0.3) is 0 Å². The average Bonchev–Trinajstić information content (AvgIpc) is 2.70. The van der Waals surface area contributed by atoms with Crippen molar-refractivity contribution in [1.29, 1.82) is 0 Å². The maximum Gasteiger partial charge on any atom is 0.264 e. The van der Waals surface area contributed by atoms with Crippen molar-refractivity contribution in [2.75, 3.05) is 0 Å². The third-order valence-corrected chi connectivity index (χ3v) is 5.03. The van der Waals surface area contributed by atoms with E-state index in [-0.39, 0.29) is 5.91 Å². The average molecular weight is 373 g/mol. The first kappa shape index (κ1) is 23.5. The number of nitrogens with zero attached hydrogens (tertiary/aromatic N) is 2. The van der Waals surface area contributed by atoms with Crippen LogP contribution in [0.3, 0.4) is 0 Å². The molecule has 0 saturated heterocycles. The highest BCUT2D eigenvalue weighted by Gasteiger charge is 2.00. The predicted molar refractivity (Wildman–Crippen MR) is 116 cm³/mol. The number of rotatable bonds is 17. The monoisotopic (exact) mass is 372 g/mol. The summed E-state index contributed by atoms with van der Waals surface area (Å²) in [4.78, 5) is 11.7. The summed E-state index contributed by atoms with van der Waals surface area (Å²) in [6.07, 6.45) is 20.6. The molecule has 0 fully saturated rings. The molecule has 27 heavy (non-hydrogen) atoms. The Morgan fingerprint density at radius 3 is 1.59 bits per heavy atom. The molecule has 1 amide bonds. The summed E-state index contributed by atoms with van der Waals surface area (Å²) in [5, 5.41) is 7.75. The van der Waals surface area contributed by atoms with Crippen LogP contribution in [0, 0.1) is 0 Å². The van der Waals surface area contributed by atoms with Gasteiger partial charge in [-0.3, -0.25) is 4.79 Å². The maximum absolute atomic E-state index is 11.7. The molecule has 0 unspecified atom stereocenters. The second kappa shape index (κ2) is 17.9. The van der Waals surface area contributed by atoms with Gasteiger partial charge in [0.25, 0.3) is 5.91 Å². The standard InChI is InChI=1S/C24H40N2O/c1-2-3-4-5-6-7-8-9-10-11-12-13-14-15-19-22-24(27)26-25-23-20-17-16-18-21-23/h16-18,20-21H,2-15,19,22H2,1H3/b26-25+. The van der Waals surface area contributed by atoms with Crippen LogP contribution in [0.4, 0.5) is 5.69 Å². The summed E-state index contributed by atoms with van der Waals surface area (Å²) in [5.41, 5.74) is 0.738. The van der Waals surface area contributed by atoms with Crippen molar-refractivity contribution in [3.05, 3.63) is 30.3 Å². The molecule has 0 aliphatic carbocycles. The van der Waals surface area contributed by atoms with Gasteiger partial charge in [-0.15, -0.1) is 10.2 Å². The second-order valence-electron chi connectivity index (χ2n) is 7.63. The molecule has 1 aromatic carbocycles. The van der Waals surface area contributed by atoms with Gasteiger partial charge in [-0.05, 0) is 18.6 Å². The van der Waals surface area contributed by atoms with Gasteiger partial charge in [0.2, 0.25) is 0 Å². The lowest BCUT2D eigenvalue weighted by Gasteiger charge is -2.03. The van der Waals surface area contributed by atoms with Gasteiger partial charge in [0.05, 0.1) is 5.69 Å². The smallest absolute Gasteiger partial charge is 0.264 e. The van der Waals surface area contributed by atoms with Crippen molar-refractivity contribution in [2.45, 2.75) is 110 Å². The van der Waals surface area contributed by atoms with Crippen LogP contribution in [0.5, 0.6) is 0 Å². The summed E-state index contributed by atoms with van der Waals surface area (Å²) >= 11 is 0. The number of carbonyl (C=O) groups is 1. The minimum absolute atomic E-state index is 0.103. The first-order valence-corrected chi connectivity index (χ1v) is 11.3. The molecule has 0 aliphatic rings. The molecule has 1 aromatic rings. The van der Waals surface area contributed by atoms with Crippen molar-refractivity contribution in [3.8, 4) is 0 Å². The van der Waals surface area contributed by atoms with E-state index in [4.69, 9.17) is 0 Å². The molecule has 0 heterocycles. The molecule has 1 rings (SSSR count). The van der Waals surface area contributed by atoms with Gasteiger partial charge < -0.3 is 0 Å². The van der Waals surface area contributed by atoms with Gasteiger partial charge in [0, 0.05) is 6.42 Å². The Bertz CT molecular complexity index is 484. The van der Waals surface area contributed by atoms with Crippen LogP contribution < -0.4 is 0 Å². The molecule has 3 nitrogen and oxygen atoms in total. The van der Waals surface area contributed by atoms with E-state index in [1.807, 2.05) is 30.3 Å². The molecule has 0 aliphatic heterocycles. The van der Waals surface area contributed by atoms with Gasteiger partial charge in [-0.2, -0.15) is 0 Å². The van der Waals surface area contributed by atoms with E-state index in [0.29, 0.717) is 6.42 Å². The molecule has 0 N–H and O–H groups in total. The summed E-state index contributed by atoms with van der Waals surface area (Å²) in [6, 6.07) is 9.42. The molecule has 0 spiro atoms. The second-order valence-corrected chi connectivity index (χ2v) is 7.63. The molecule has 0 radical (unpaired) electrons. The van der Waals surface area contributed by atoms with Gasteiger partial charge in [-0.25, -0.2) is 0 Å².